The van der Waals surface area contributed by atoms with Gasteiger partial charge in [0.15, 0.2) is 0 Å². The van der Waals surface area contributed by atoms with Gasteiger partial charge in [-0.25, -0.2) is 4.39 Å². The van der Waals surface area contributed by atoms with Crippen molar-refractivity contribution in [1.82, 2.24) is 4.98 Å². The van der Waals surface area contributed by atoms with Crippen LogP contribution < -0.4 is 5.73 Å². The molecule has 1 heterocycles. The van der Waals surface area contributed by atoms with Crippen LogP contribution in [0.2, 0.25) is 5.02 Å². The summed E-state index contributed by atoms with van der Waals surface area (Å²) < 4.78 is 13.9. The fourth-order valence-corrected chi connectivity index (χ4v) is 2.55. The molecule has 0 saturated heterocycles. The molecule has 4 heteroatoms. The molecule has 3 aromatic rings. The molecule has 0 aliphatic rings. The third-order valence-corrected chi connectivity index (χ3v) is 3.74. The minimum Gasteiger partial charge on any atom is -0.320 e. The molecule has 2 aromatic carbocycles. The summed E-state index contributed by atoms with van der Waals surface area (Å²) >= 11 is 5.93. The van der Waals surface area contributed by atoms with Gasteiger partial charge in [0.25, 0.3) is 0 Å². The van der Waals surface area contributed by atoms with Gasteiger partial charge in [0.1, 0.15) is 5.82 Å². The van der Waals surface area contributed by atoms with E-state index < -0.39 is 6.04 Å². The Balaban J connectivity index is 2.07. The van der Waals surface area contributed by atoms with Gasteiger partial charge >= 0.3 is 0 Å². The molecule has 106 valence electrons. The molecule has 1 atom stereocenters. The Morgan fingerprint density at radius 3 is 2.71 bits per heavy atom. The van der Waals surface area contributed by atoms with Crippen molar-refractivity contribution in [2.24, 2.45) is 5.73 Å². The summed E-state index contributed by atoms with van der Waals surface area (Å²) in [7, 11) is 0. The first-order chi connectivity index (χ1) is 10.0. The molecule has 21 heavy (non-hydrogen) atoms. The summed E-state index contributed by atoms with van der Waals surface area (Å²) in [5.41, 5.74) is 9.27. The minimum atomic E-state index is -0.561. The number of halogens is 2. The molecule has 2 N–H and O–H groups in total. The van der Waals surface area contributed by atoms with Crippen molar-refractivity contribution in [1.29, 1.82) is 0 Å². The number of benzene rings is 2. The highest BCUT2D eigenvalue weighted by atomic mass is 35.5. The zero-order valence-corrected chi connectivity index (χ0v) is 12.2. The summed E-state index contributed by atoms with van der Waals surface area (Å²) in [6.45, 7) is 1.94. The number of hydrogen-bond acceptors (Lipinski definition) is 2. The van der Waals surface area contributed by atoms with Crippen molar-refractivity contribution in [3.63, 3.8) is 0 Å². The van der Waals surface area contributed by atoms with E-state index in [1.165, 1.54) is 12.1 Å². The van der Waals surface area contributed by atoms with Crippen molar-refractivity contribution in [3.05, 3.63) is 76.2 Å². The number of rotatable bonds is 2. The molecule has 1 unspecified atom stereocenters. The van der Waals surface area contributed by atoms with E-state index in [1.54, 1.807) is 6.07 Å². The lowest BCUT2D eigenvalue weighted by Gasteiger charge is -2.14. The molecule has 0 radical (unpaired) electrons. The van der Waals surface area contributed by atoms with Crippen molar-refractivity contribution < 1.29 is 4.39 Å². The van der Waals surface area contributed by atoms with Crippen LogP contribution in [0, 0.1) is 12.7 Å². The van der Waals surface area contributed by atoms with Gasteiger partial charge in [-0.2, -0.15) is 0 Å². The van der Waals surface area contributed by atoms with Crippen molar-refractivity contribution in [2.75, 3.05) is 0 Å². The predicted molar refractivity (Wildman–Crippen MR) is 83.9 cm³/mol. The van der Waals surface area contributed by atoms with Crippen LogP contribution in [0.1, 0.15) is 22.9 Å². The highest BCUT2D eigenvalue weighted by Crippen LogP contribution is 2.27. The molecule has 0 fully saturated rings. The molecular formula is C17H14ClFN2. The van der Waals surface area contributed by atoms with Crippen LogP contribution >= 0.6 is 11.6 Å². The largest absolute Gasteiger partial charge is 0.320 e. The Kier molecular flexibility index (Phi) is 3.62. The topological polar surface area (TPSA) is 38.9 Å². The van der Waals surface area contributed by atoms with E-state index in [1.807, 2.05) is 37.3 Å². The fourth-order valence-electron chi connectivity index (χ4n) is 2.37. The van der Waals surface area contributed by atoms with E-state index in [2.05, 4.69) is 4.98 Å². The highest BCUT2D eigenvalue weighted by molar-refractivity contribution is 6.30. The monoisotopic (exact) mass is 300 g/mol. The number of nitrogens with zero attached hydrogens (tertiary/aromatic N) is 1. The minimum absolute atomic E-state index is 0.353. The standard InChI is InChI=1S/C17H14ClFN2/c1-10-2-3-11-8-12(4-7-16(11)21-10)17(20)14-9-13(18)5-6-15(14)19/h2-9,17H,20H2,1H3. The fraction of sp³-hybridized carbons (Fsp3) is 0.118. The van der Waals surface area contributed by atoms with Gasteiger partial charge in [-0.05, 0) is 48.9 Å². The van der Waals surface area contributed by atoms with Gasteiger partial charge < -0.3 is 5.73 Å². The predicted octanol–water partition coefficient (Wildman–Crippen LogP) is 4.38. The summed E-state index contributed by atoms with van der Waals surface area (Å²) in [5.74, 6) is -0.353. The SMILES string of the molecule is Cc1ccc2cc(C(N)c3cc(Cl)ccc3F)ccc2n1. The quantitative estimate of drug-likeness (QED) is 0.762. The molecule has 0 amide bonds. The number of fused-ring (bicyclic) bond motifs is 1. The van der Waals surface area contributed by atoms with Crippen molar-refractivity contribution >= 4 is 22.5 Å². The average molecular weight is 301 g/mol. The second-order valence-electron chi connectivity index (χ2n) is 5.05. The van der Waals surface area contributed by atoms with Gasteiger partial charge in [0.05, 0.1) is 11.6 Å². The Bertz CT molecular complexity index is 817. The maximum Gasteiger partial charge on any atom is 0.128 e. The molecule has 1 aromatic heterocycles. The van der Waals surface area contributed by atoms with E-state index >= 15 is 0 Å². The van der Waals surface area contributed by atoms with Gasteiger partial charge in [-0.1, -0.05) is 23.7 Å². The third-order valence-electron chi connectivity index (χ3n) is 3.50. The second-order valence-corrected chi connectivity index (χ2v) is 5.48. The lowest BCUT2D eigenvalue weighted by molar-refractivity contribution is 0.600. The first-order valence-electron chi connectivity index (χ1n) is 6.62. The van der Waals surface area contributed by atoms with Crippen LogP contribution in [0.15, 0.2) is 48.5 Å². The molecule has 3 rings (SSSR count). The first-order valence-corrected chi connectivity index (χ1v) is 7.00. The Morgan fingerprint density at radius 2 is 1.90 bits per heavy atom. The van der Waals surface area contributed by atoms with Gasteiger partial charge in [-0.3, -0.25) is 4.98 Å². The van der Waals surface area contributed by atoms with Crippen molar-refractivity contribution in [3.8, 4) is 0 Å². The second kappa shape index (κ2) is 5.43. The summed E-state index contributed by atoms with van der Waals surface area (Å²) in [5, 5.41) is 1.45. The van der Waals surface area contributed by atoms with Crippen LogP contribution in [-0.2, 0) is 0 Å². The van der Waals surface area contributed by atoms with Crippen LogP contribution in [0.3, 0.4) is 0 Å². The van der Waals surface area contributed by atoms with Crippen LogP contribution in [-0.4, -0.2) is 4.98 Å². The molecule has 0 aliphatic carbocycles. The molecular weight excluding hydrogens is 287 g/mol. The molecule has 0 spiro atoms. The zero-order valence-electron chi connectivity index (χ0n) is 11.5. The maximum absolute atomic E-state index is 13.9. The van der Waals surface area contributed by atoms with E-state index in [0.717, 1.165) is 22.2 Å². The van der Waals surface area contributed by atoms with Gasteiger partial charge in [0, 0.05) is 21.7 Å². The summed E-state index contributed by atoms with van der Waals surface area (Å²) in [6.07, 6.45) is 0. The number of pyridine rings is 1. The third kappa shape index (κ3) is 2.75. The van der Waals surface area contributed by atoms with Gasteiger partial charge in [0.2, 0.25) is 0 Å². The smallest absolute Gasteiger partial charge is 0.128 e. The summed E-state index contributed by atoms with van der Waals surface area (Å²) in [4.78, 5) is 4.44. The number of hydrogen-bond donors (Lipinski definition) is 1. The van der Waals surface area contributed by atoms with Gasteiger partial charge in [-0.15, -0.1) is 0 Å². The lowest BCUT2D eigenvalue weighted by Crippen LogP contribution is -2.13. The van der Waals surface area contributed by atoms with Crippen LogP contribution in [0.5, 0.6) is 0 Å². The normalized spacial score (nSPS) is 12.6. The van der Waals surface area contributed by atoms with Crippen LogP contribution in [0.4, 0.5) is 4.39 Å². The summed E-state index contributed by atoms with van der Waals surface area (Å²) in [6, 6.07) is 13.5. The Morgan fingerprint density at radius 1 is 1.10 bits per heavy atom. The average Bonchev–Trinajstić information content (AvgIpc) is 2.48. The zero-order chi connectivity index (χ0) is 15.0. The number of aromatic nitrogens is 1. The van der Waals surface area contributed by atoms with Crippen LogP contribution in [0.25, 0.3) is 10.9 Å². The van der Waals surface area contributed by atoms with E-state index in [-0.39, 0.29) is 5.82 Å². The first kappa shape index (κ1) is 14.0. The highest BCUT2D eigenvalue weighted by Gasteiger charge is 2.14. The molecule has 0 bridgehead atoms. The number of nitrogens with two attached hydrogens (primary N) is 1. The molecule has 0 aliphatic heterocycles. The Hall–Kier alpha value is -1.97. The van der Waals surface area contributed by atoms with Crippen molar-refractivity contribution in [2.45, 2.75) is 13.0 Å². The lowest BCUT2D eigenvalue weighted by atomic mass is 9.97. The molecule has 0 saturated carbocycles. The van der Waals surface area contributed by atoms with E-state index in [9.17, 15) is 4.39 Å². The van der Waals surface area contributed by atoms with E-state index in [0.29, 0.717) is 10.6 Å². The maximum atomic E-state index is 13.9. The Labute approximate surface area is 127 Å². The number of aryl methyl sites for hydroxylation is 1. The van der Waals surface area contributed by atoms with E-state index in [4.69, 9.17) is 17.3 Å². The molecule has 2 nitrogen and oxygen atoms in total.